The molecule has 0 radical (unpaired) electrons. The highest BCUT2D eigenvalue weighted by Gasteiger charge is 2.19. The van der Waals surface area contributed by atoms with E-state index in [0.29, 0.717) is 0 Å². The second kappa shape index (κ2) is 33.5. The van der Waals surface area contributed by atoms with Crippen LogP contribution in [-0.2, 0) is 0 Å². The van der Waals surface area contributed by atoms with Gasteiger partial charge in [-0.15, -0.1) is 0 Å². The van der Waals surface area contributed by atoms with Crippen molar-refractivity contribution in [3.63, 3.8) is 0 Å². The Morgan fingerprint density at radius 3 is 0.900 bits per heavy atom. The quantitative estimate of drug-likeness (QED) is 0.0684. The summed E-state index contributed by atoms with van der Waals surface area (Å²) in [7, 11) is 0. The van der Waals surface area contributed by atoms with Crippen molar-refractivity contribution in [1.29, 1.82) is 0 Å². The van der Waals surface area contributed by atoms with Gasteiger partial charge in [0.1, 0.15) is 0 Å². The summed E-state index contributed by atoms with van der Waals surface area (Å²) in [6.45, 7) is 12.0. The molecule has 0 nitrogen and oxygen atoms in total. The lowest BCUT2D eigenvalue weighted by molar-refractivity contribution is 0.256. The van der Waals surface area contributed by atoms with Gasteiger partial charge in [-0.25, -0.2) is 0 Å². The summed E-state index contributed by atoms with van der Waals surface area (Å²) in [5, 5.41) is 0. The number of rotatable bonds is 34. The van der Waals surface area contributed by atoms with Gasteiger partial charge in [-0.3, -0.25) is 0 Å². The summed E-state index contributed by atoms with van der Waals surface area (Å²) in [5.74, 6) is 2.95. The van der Waals surface area contributed by atoms with E-state index in [2.05, 4.69) is 34.6 Å². The van der Waals surface area contributed by atoms with E-state index in [1.807, 2.05) is 0 Å². The van der Waals surface area contributed by atoms with Gasteiger partial charge in [0.15, 0.2) is 0 Å². The summed E-state index contributed by atoms with van der Waals surface area (Å²) in [6.07, 6.45) is 47.1. The van der Waals surface area contributed by atoms with Gasteiger partial charge < -0.3 is 0 Å². The van der Waals surface area contributed by atoms with Gasteiger partial charge in [-0.1, -0.05) is 227 Å². The number of hydrogen-bond acceptors (Lipinski definition) is 0. The Kier molecular flexibility index (Phi) is 33.5. The largest absolute Gasteiger partial charge is 0.0654 e. The second-order valence-electron chi connectivity index (χ2n) is 14.2. The molecule has 40 heavy (non-hydrogen) atoms. The maximum Gasteiger partial charge on any atom is -0.0409 e. The molecule has 0 rings (SSSR count). The van der Waals surface area contributed by atoms with Gasteiger partial charge >= 0.3 is 0 Å². The zero-order valence-electron chi connectivity index (χ0n) is 29.4. The minimum Gasteiger partial charge on any atom is -0.0654 e. The first-order valence-electron chi connectivity index (χ1n) is 19.7. The van der Waals surface area contributed by atoms with Gasteiger partial charge in [0.25, 0.3) is 0 Å². The van der Waals surface area contributed by atoms with Crippen LogP contribution in [-0.4, -0.2) is 0 Å². The van der Waals surface area contributed by atoms with Crippen LogP contribution >= 0.6 is 0 Å². The van der Waals surface area contributed by atoms with E-state index in [-0.39, 0.29) is 0 Å². The van der Waals surface area contributed by atoms with Crippen LogP contribution in [0.3, 0.4) is 0 Å². The van der Waals surface area contributed by atoms with Crippen molar-refractivity contribution in [2.75, 3.05) is 0 Å². The lowest BCUT2D eigenvalue weighted by Crippen LogP contribution is -2.13. The maximum absolute atomic E-state index is 2.60. The topological polar surface area (TPSA) is 0 Å². The summed E-state index contributed by atoms with van der Waals surface area (Å²) in [5.41, 5.74) is 0. The Morgan fingerprint density at radius 2 is 0.550 bits per heavy atom. The lowest BCUT2D eigenvalue weighted by atomic mass is 9.79. The van der Waals surface area contributed by atoms with Crippen LogP contribution in [0.1, 0.15) is 240 Å². The third-order valence-corrected chi connectivity index (χ3v) is 9.85. The van der Waals surface area contributed by atoms with Crippen molar-refractivity contribution >= 4 is 0 Å². The van der Waals surface area contributed by atoms with Gasteiger partial charge in [0, 0.05) is 0 Å². The van der Waals surface area contributed by atoms with E-state index in [1.54, 1.807) is 6.42 Å². The minimum atomic E-state index is 0.939. The Hall–Kier alpha value is 0. The number of hydrogen-bond donors (Lipinski definition) is 0. The molecule has 3 unspecified atom stereocenters. The average Bonchev–Trinajstić information content (AvgIpc) is 2.95. The summed E-state index contributed by atoms with van der Waals surface area (Å²) >= 11 is 0. The first kappa shape index (κ1) is 40.0. The molecule has 0 aliphatic rings. The zero-order chi connectivity index (χ0) is 29.4. The van der Waals surface area contributed by atoms with Crippen LogP contribution in [0.15, 0.2) is 0 Å². The van der Waals surface area contributed by atoms with Crippen molar-refractivity contribution in [1.82, 2.24) is 0 Å². The van der Waals surface area contributed by atoms with E-state index in [4.69, 9.17) is 0 Å². The molecule has 0 aromatic rings. The maximum atomic E-state index is 2.60. The molecule has 0 N–H and O–H groups in total. The molecule has 0 heterocycles. The molecule has 0 aliphatic carbocycles. The fraction of sp³-hybridized carbons (Fsp3) is 1.00. The predicted octanol–water partition coefficient (Wildman–Crippen LogP) is 15.4. The highest BCUT2D eigenvalue weighted by atomic mass is 14.2. The average molecular weight is 563 g/mol. The molecule has 0 saturated carbocycles. The minimum absolute atomic E-state index is 0.939. The first-order chi connectivity index (χ1) is 19.7. The van der Waals surface area contributed by atoms with E-state index in [0.717, 1.165) is 17.8 Å². The fourth-order valence-corrected chi connectivity index (χ4v) is 7.14. The normalized spacial score (nSPS) is 14.0. The van der Waals surface area contributed by atoms with Crippen LogP contribution in [0.2, 0.25) is 0 Å². The molecule has 0 amide bonds. The lowest BCUT2D eigenvalue weighted by Gasteiger charge is -2.27. The molecule has 242 valence electrons. The van der Waals surface area contributed by atoms with E-state index >= 15 is 0 Å². The summed E-state index contributed by atoms with van der Waals surface area (Å²) < 4.78 is 0. The van der Waals surface area contributed by atoms with E-state index in [1.165, 1.54) is 199 Å². The molecule has 0 aromatic heterocycles. The van der Waals surface area contributed by atoms with Crippen LogP contribution in [0.4, 0.5) is 0 Å². The zero-order valence-corrected chi connectivity index (χ0v) is 29.4. The molecule has 0 saturated heterocycles. The van der Waals surface area contributed by atoms with Gasteiger partial charge in [-0.05, 0) is 30.6 Å². The number of unbranched alkanes of at least 4 members (excludes halogenated alkanes) is 22. The van der Waals surface area contributed by atoms with Crippen molar-refractivity contribution in [3.05, 3.63) is 0 Å². The van der Waals surface area contributed by atoms with Crippen LogP contribution in [0.25, 0.3) is 0 Å². The van der Waals surface area contributed by atoms with Crippen LogP contribution in [0, 0.1) is 17.8 Å². The molecule has 0 spiro atoms. The Labute approximate surface area is 257 Å². The van der Waals surface area contributed by atoms with E-state index < -0.39 is 0 Å². The highest BCUT2D eigenvalue weighted by Crippen LogP contribution is 2.33. The summed E-state index contributed by atoms with van der Waals surface area (Å²) in [6, 6.07) is 0. The van der Waals surface area contributed by atoms with Gasteiger partial charge in [0.2, 0.25) is 0 Å². The third-order valence-electron chi connectivity index (χ3n) is 9.85. The molecule has 0 bridgehead atoms. The van der Waals surface area contributed by atoms with Crippen LogP contribution < -0.4 is 0 Å². The highest BCUT2D eigenvalue weighted by molar-refractivity contribution is 4.71. The molecule has 0 aliphatic heterocycles. The summed E-state index contributed by atoms with van der Waals surface area (Å²) in [4.78, 5) is 0. The smallest absolute Gasteiger partial charge is 0.0409 e. The van der Waals surface area contributed by atoms with Crippen molar-refractivity contribution < 1.29 is 0 Å². The predicted molar refractivity (Wildman–Crippen MR) is 187 cm³/mol. The molecule has 0 aromatic carbocycles. The van der Waals surface area contributed by atoms with Gasteiger partial charge in [-0.2, -0.15) is 0 Å². The molecule has 0 heteroatoms. The standard InChI is InChI=1S/C40H82/c1-6-10-14-18-22-23-27-30-34-39(33-29-25-20-16-12-8-3)37-40(35-31-26-21-17-13-9-4)36-38(5)32-28-24-19-15-11-7-2/h38-40H,6-37H2,1-5H3. The Morgan fingerprint density at radius 1 is 0.275 bits per heavy atom. The molecule has 0 fully saturated rings. The monoisotopic (exact) mass is 563 g/mol. The van der Waals surface area contributed by atoms with Crippen LogP contribution in [0.5, 0.6) is 0 Å². The van der Waals surface area contributed by atoms with E-state index in [9.17, 15) is 0 Å². The van der Waals surface area contributed by atoms with Gasteiger partial charge in [0.05, 0.1) is 0 Å². The van der Waals surface area contributed by atoms with Crippen molar-refractivity contribution in [2.24, 2.45) is 17.8 Å². The third kappa shape index (κ3) is 29.5. The Bertz CT molecular complexity index is 439. The molecular formula is C40H82. The fourth-order valence-electron chi connectivity index (χ4n) is 7.14. The first-order valence-corrected chi connectivity index (χ1v) is 19.7. The second-order valence-corrected chi connectivity index (χ2v) is 14.2. The Balaban J connectivity index is 4.77. The molecular weight excluding hydrogens is 480 g/mol. The van der Waals surface area contributed by atoms with Crippen molar-refractivity contribution in [2.45, 2.75) is 240 Å². The SMILES string of the molecule is CCCCCCCCCCC(CCCCCCCC)CC(CCCCCCCC)CC(C)CCCCCCCC. The van der Waals surface area contributed by atoms with Crippen molar-refractivity contribution in [3.8, 4) is 0 Å². The molecule has 3 atom stereocenters.